The number of likely N-dealkylation sites (tertiary alicyclic amines) is 1. The maximum atomic E-state index is 4.13. The van der Waals surface area contributed by atoms with Crippen LogP contribution >= 0.6 is 0 Å². The van der Waals surface area contributed by atoms with Crippen LogP contribution < -0.4 is 0 Å². The van der Waals surface area contributed by atoms with E-state index in [9.17, 15) is 0 Å². The maximum absolute atomic E-state index is 4.13. The molecule has 0 aliphatic carbocycles. The van der Waals surface area contributed by atoms with Gasteiger partial charge in [-0.2, -0.15) is 5.41 Å². The summed E-state index contributed by atoms with van der Waals surface area (Å²) in [7, 11) is 2.14. The minimum Gasteiger partial charge on any atom is -0.345 e. The summed E-state index contributed by atoms with van der Waals surface area (Å²) >= 11 is 0. The molecule has 1 atom stereocenters. The van der Waals surface area contributed by atoms with E-state index in [2.05, 4.69) is 25.8 Å². The summed E-state index contributed by atoms with van der Waals surface area (Å²) in [5.41, 5.74) is 0.273. The molecule has 0 amide bonds. The van der Waals surface area contributed by atoms with E-state index in [1.54, 1.807) is 0 Å². The Kier molecular flexibility index (Phi) is 4.01. The normalized spacial score (nSPS) is 33.9. The van der Waals surface area contributed by atoms with Gasteiger partial charge in [0.25, 0.3) is 0 Å². The van der Waals surface area contributed by atoms with Crippen molar-refractivity contribution in [3.63, 3.8) is 0 Å². The van der Waals surface area contributed by atoms with Crippen LogP contribution in [0.3, 0.4) is 0 Å². The molecule has 57 valence electrons. The third kappa shape index (κ3) is 2.30. The molecule has 1 aliphatic heterocycles. The number of nitrogens with zero attached hydrogens (tertiary/aromatic N) is 1. The Morgan fingerprint density at radius 2 is 2.20 bits per heavy atom. The zero-order valence-corrected chi connectivity index (χ0v) is 8.03. The Morgan fingerprint density at radius 1 is 1.60 bits per heavy atom. The van der Waals surface area contributed by atoms with E-state index in [0.717, 1.165) is 13.0 Å². The van der Waals surface area contributed by atoms with Gasteiger partial charge in [0, 0.05) is 0 Å². The van der Waals surface area contributed by atoms with Gasteiger partial charge in [-0.25, -0.2) is 6.42 Å². The van der Waals surface area contributed by atoms with Crippen LogP contribution in [0.4, 0.5) is 0 Å². The molecule has 1 saturated heterocycles. The van der Waals surface area contributed by atoms with Gasteiger partial charge in [-0.15, -0.1) is 0 Å². The van der Waals surface area contributed by atoms with E-state index in [1.165, 1.54) is 13.0 Å². The van der Waals surface area contributed by atoms with Crippen molar-refractivity contribution in [1.29, 1.82) is 0 Å². The summed E-state index contributed by atoms with van der Waals surface area (Å²) in [6.07, 6.45) is 2.18. The molecule has 1 unspecified atom stereocenters. The number of rotatable bonds is 1. The Morgan fingerprint density at radius 3 is 2.40 bits per heavy atom. The van der Waals surface area contributed by atoms with Crippen LogP contribution in [0.25, 0.3) is 0 Å². The van der Waals surface area contributed by atoms with Crippen molar-refractivity contribution in [2.24, 2.45) is 5.41 Å². The van der Waals surface area contributed by atoms with Crippen LogP contribution in [0, 0.1) is 19.3 Å². The third-order valence-electron chi connectivity index (χ3n) is 2.16. The molecule has 2 heteroatoms. The van der Waals surface area contributed by atoms with Gasteiger partial charge in [0.2, 0.25) is 0 Å². The molecule has 1 nitrogen and oxygen atoms in total. The SMILES string of the molecule is [CH2-]CC1([CH2-])CCN(C)C1.[V+2]. The molecule has 0 bridgehead atoms. The fraction of sp³-hybridized carbons (Fsp3) is 0.750. The molecule has 0 N–H and O–H groups in total. The largest absolute Gasteiger partial charge is 2.00 e. The molecule has 1 fully saturated rings. The summed E-state index contributed by atoms with van der Waals surface area (Å²) in [5.74, 6) is 0. The fourth-order valence-corrected chi connectivity index (χ4v) is 1.36. The topological polar surface area (TPSA) is 3.24 Å². The molecule has 0 saturated carbocycles. The smallest absolute Gasteiger partial charge is 0.345 e. The molecule has 1 radical (unpaired) electrons. The van der Waals surface area contributed by atoms with Crippen molar-refractivity contribution in [3.8, 4) is 0 Å². The van der Waals surface area contributed by atoms with Crippen molar-refractivity contribution in [3.05, 3.63) is 13.8 Å². The molecular formula is C8H15NV. The van der Waals surface area contributed by atoms with Gasteiger partial charge in [0.15, 0.2) is 0 Å². The zero-order valence-electron chi connectivity index (χ0n) is 6.64. The minimum atomic E-state index is 0. The summed E-state index contributed by atoms with van der Waals surface area (Å²) in [4.78, 5) is 2.32. The molecule has 0 spiro atoms. The Labute approximate surface area is 76.1 Å². The summed E-state index contributed by atoms with van der Waals surface area (Å²) in [5, 5.41) is 0. The molecule has 1 rings (SSSR count). The summed E-state index contributed by atoms with van der Waals surface area (Å²) < 4.78 is 0. The third-order valence-corrected chi connectivity index (χ3v) is 2.16. The molecule has 0 aromatic carbocycles. The number of hydrogen-bond acceptors (Lipinski definition) is 1. The van der Waals surface area contributed by atoms with Crippen molar-refractivity contribution >= 4 is 0 Å². The van der Waals surface area contributed by atoms with Gasteiger partial charge in [-0.1, -0.05) is 6.42 Å². The Balaban J connectivity index is 0.000000810. The van der Waals surface area contributed by atoms with Crippen molar-refractivity contribution in [2.45, 2.75) is 12.8 Å². The van der Waals surface area contributed by atoms with Crippen molar-refractivity contribution < 1.29 is 18.6 Å². The predicted octanol–water partition coefficient (Wildman–Crippen LogP) is 1.36. The van der Waals surface area contributed by atoms with E-state index in [4.69, 9.17) is 0 Å². The van der Waals surface area contributed by atoms with Crippen LogP contribution in [0.5, 0.6) is 0 Å². The second-order valence-corrected chi connectivity index (χ2v) is 3.24. The second-order valence-electron chi connectivity index (χ2n) is 3.24. The van der Waals surface area contributed by atoms with E-state index in [0.29, 0.717) is 0 Å². The molecule has 10 heavy (non-hydrogen) atoms. The molecule has 1 heterocycles. The van der Waals surface area contributed by atoms with E-state index < -0.39 is 0 Å². The molecule has 0 aromatic rings. The first-order valence-corrected chi connectivity index (χ1v) is 3.49. The van der Waals surface area contributed by atoms with Crippen LogP contribution in [0.2, 0.25) is 0 Å². The van der Waals surface area contributed by atoms with E-state index in [1.807, 2.05) is 0 Å². The summed E-state index contributed by atoms with van der Waals surface area (Å²) in [6, 6.07) is 0. The van der Waals surface area contributed by atoms with Gasteiger partial charge in [-0.3, -0.25) is 0 Å². The van der Waals surface area contributed by atoms with E-state index in [-0.39, 0.29) is 24.0 Å². The molecule has 1 aliphatic rings. The quantitative estimate of drug-likeness (QED) is 0.545. The van der Waals surface area contributed by atoms with Gasteiger partial charge >= 0.3 is 18.6 Å². The average molecular weight is 176 g/mol. The van der Waals surface area contributed by atoms with Gasteiger partial charge in [0.1, 0.15) is 0 Å². The first-order chi connectivity index (χ1) is 4.16. The minimum absolute atomic E-state index is 0. The standard InChI is InChI=1S/C8H15N.V/c1-4-8(2)5-6-9(3)7-8;/h1-2,4-7H2,3H3;/q-2;+2. The van der Waals surface area contributed by atoms with Crippen LogP contribution in [0.15, 0.2) is 0 Å². The first kappa shape index (κ1) is 10.5. The Bertz CT molecular complexity index is 105. The monoisotopic (exact) mass is 176 g/mol. The zero-order chi connectivity index (χ0) is 6.91. The number of hydrogen-bond donors (Lipinski definition) is 0. The van der Waals surface area contributed by atoms with Crippen LogP contribution in [-0.2, 0) is 18.6 Å². The average Bonchev–Trinajstić information content (AvgIpc) is 2.13. The van der Waals surface area contributed by atoms with Crippen molar-refractivity contribution in [2.75, 3.05) is 20.1 Å². The predicted molar refractivity (Wildman–Crippen MR) is 39.9 cm³/mol. The van der Waals surface area contributed by atoms with Gasteiger partial charge in [0.05, 0.1) is 0 Å². The van der Waals surface area contributed by atoms with Crippen molar-refractivity contribution in [1.82, 2.24) is 4.90 Å². The summed E-state index contributed by atoms with van der Waals surface area (Å²) in [6.45, 7) is 10.3. The van der Waals surface area contributed by atoms with Crippen LogP contribution in [-0.4, -0.2) is 25.0 Å². The van der Waals surface area contributed by atoms with E-state index >= 15 is 0 Å². The van der Waals surface area contributed by atoms with Gasteiger partial charge in [-0.05, 0) is 20.1 Å². The van der Waals surface area contributed by atoms with Crippen LogP contribution in [0.1, 0.15) is 12.8 Å². The fourth-order valence-electron chi connectivity index (χ4n) is 1.36. The molecule has 0 aromatic heterocycles. The second kappa shape index (κ2) is 3.80. The van der Waals surface area contributed by atoms with Gasteiger partial charge < -0.3 is 18.7 Å². The maximum Gasteiger partial charge on any atom is 2.00 e. The first-order valence-electron chi connectivity index (χ1n) is 3.49. The molecular weight excluding hydrogens is 161 g/mol. The Hall–Kier alpha value is 0.544.